The van der Waals surface area contributed by atoms with Crippen LogP contribution in [-0.2, 0) is 33.3 Å². The molecule has 11 heteroatoms. The van der Waals surface area contributed by atoms with Crippen LogP contribution in [0.5, 0.6) is 0 Å². The first-order valence-corrected chi connectivity index (χ1v) is 13.0. The Morgan fingerprint density at radius 3 is 2.55 bits per heavy atom. The molecule has 0 amide bonds. The summed E-state index contributed by atoms with van der Waals surface area (Å²) in [5.41, 5.74) is -7.28. The minimum absolute atomic E-state index is 0.0106. The largest absolute Gasteiger partial charge is 0.511 e. The van der Waals surface area contributed by atoms with Gasteiger partial charge in [-0.05, 0) is 49.8 Å². The van der Waals surface area contributed by atoms with Crippen LogP contribution in [0.4, 0.5) is 13.6 Å². The van der Waals surface area contributed by atoms with E-state index in [1.807, 2.05) is 0 Å². The van der Waals surface area contributed by atoms with Gasteiger partial charge in [-0.1, -0.05) is 26.8 Å². The zero-order valence-corrected chi connectivity index (χ0v) is 21.7. The van der Waals surface area contributed by atoms with E-state index in [-0.39, 0.29) is 37.9 Å². The van der Waals surface area contributed by atoms with Gasteiger partial charge >= 0.3 is 18.1 Å². The van der Waals surface area contributed by atoms with Gasteiger partial charge < -0.3 is 24.1 Å². The van der Waals surface area contributed by atoms with Crippen molar-refractivity contribution in [3.05, 3.63) is 23.8 Å². The van der Waals surface area contributed by atoms with Crippen LogP contribution in [0, 0.1) is 28.6 Å². The number of hydrogen-bond acceptors (Lipinski definition) is 9. The lowest BCUT2D eigenvalue weighted by Gasteiger charge is -2.63. The minimum Gasteiger partial charge on any atom is -0.446 e. The Labute approximate surface area is 218 Å². The molecule has 0 bridgehead atoms. The maximum atomic E-state index is 17.4. The Hall–Kier alpha value is -2.82. The normalized spacial score (nSPS) is 47.2. The van der Waals surface area contributed by atoms with Crippen molar-refractivity contribution in [2.24, 2.45) is 28.6 Å². The van der Waals surface area contributed by atoms with E-state index in [1.165, 1.54) is 19.1 Å². The Kier molecular flexibility index (Phi) is 6.05. The fraction of sp³-hybridized carbons (Fsp3) is 0.704. The molecule has 9 nitrogen and oxygen atoms in total. The van der Waals surface area contributed by atoms with Crippen molar-refractivity contribution in [2.75, 3.05) is 6.61 Å². The number of cyclic esters (lactones) is 2. The molecule has 1 saturated heterocycles. The summed E-state index contributed by atoms with van der Waals surface area (Å²) in [7, 11) is 0. The van der Waals surface area contributed by atoms with E-state index >= 15 is 8.78 Å². The average molecular weight is 539 g/mol. The number of carbonyl (C=O) groups excluding carboxylic acids is 4. The third-order valence-electron chi connectivity index (χ3n) is 9.84. The molecule has 4 aliphatic carbocycles. The van der Waals surface area contributed by atoms with E-state index in [1.54, 1.807) is 20.8 Å². The van der Waals surface area contributed by atoms with Crippen LogP contribution in [0.25, 0.3) is 0 Å². The summed E-state index contributed by atoms with van der Waals surface area (Å²) in [5.74, 6) is -4.64. The van der Waals surface area contributed by atoms with E-state index in [9.17, 15) is 24.3 Å². The van der Waals surface area contributed by atoms with Crippen molar-refractivity contribution in [2.45, 2.75) is 83.2 Å². The second-order valence-corrected chi connectivity index (χ2v) is 11.6. The summed E-state index contributed by atoms with van der Waals surface area (Å²) < 4.78 is 53.9. The Morgan fingerprint density at radius 2 is 1.92 bits per heavy atom. The standard InChI is InChI=1S/C27H32F2O9/c1-5-20(32)38-27(22(33)36-21-12-35-23(34)37-21)13(2)8-15-16-10-18(28)17-9-14(30)6-7-24(17,3)26(16,29)19(31)11-25(15,27)4/h6-7,9,13,15-16,18-19,21,31H,5,8,10-12H2,1-4H3/t13-,15+,16+,18+,19+,21?,24+,25+,26+,27+/m1/s1. The second kappa shape index (κ2) is 8.59. The molecule has 0 radical (unpaired) electrons. The van der Waals surface area contributed by atoms with Gasteiger partial charge in [0.15, 0.2) is 18.1 Å². The van der Waals surface area contributed by atoms with Crippen LogP contribution in [0.3, 0.4) is 0 Å². The van der Waals surface area contributed by atoms with E-state index < -0.39 is 82.3 Å². The molecule has 0 aromatic carbocycles. The quantitative estimate of drug-likeness (QED) is 0.424. The van der Waals surface area contributed by atoms with E-state index in [4.69, 9.17) is 18.9 Å². The summed E-state index contributed by atoms with van der Waals surface area (Å²) in [5, 5.41) is 11.5. The zero-order valence-electron chi connectivity index (χ0n) is 21.7. The topological polar surface area (TPSA) is 125 Å². The third kappa shape index (κ3) is 3.29. The highest BCUT2D eigenvalue weighted by molar-refractivity contribution is 6.01. The van der Waals surface area contributed by atoms with E-state index in [0.29, 0.717) is 0 Å². The monoisotopic (exact) mass is 538 g/mol. The molecule has 1 aliphatic heterocycles. The van der Waals surface area contributed by atoms with Crippen molar-refractivity contribution in [3.63, 3.8) is 0 Å². The molecule has 0 spiro atoms. The van der Waals surface area contributed by atoms with Crippen LogP contribution in [0.15, 0.2) is 23.8 Å². The first-order chi connectivity index (χ1) is 17.7. The second-order valence-electron chi connectivity index (χ2n) is 11.6. The summed E-state index contributed by atoms with van der Waals surface area (Å²) in [4.78, 5) is 49.9. The number of allylic oxidation sites excluding steroid dienone is 4. The molecule has 5 aliphatic rings. The van der Waals surface area contributed by atoms with Gasteiger partial charge in [-0.3, -0.25) is 9.59 Å². The van der Waals surface area contributed by atoms with E-state index in [2.05, 4.69) is 0 Å². The molecule has 0 aromatic rings. The predicted octanol–water partition coefficient (Wildman–Crippen LogP) is 3.28. The van der Waals surface area contributed by atoms with Crippen LogP contribution in [-0.4, -0.2) is 65.4 Å². The molecule has 38 heavy (non-hydrogen) atoms. The summed E-state index contributed by atoms with van der Waals surface area (Å²) in [6.45, 7) is 5.98. The van der Waals surface area contributed by atoms with Crippen molar-refractivity contribution in [1.29, 1.82) is 0 Å². The van der Waals surface area contributed by atoms with Crippen molar-refractivity contribution >= 4 is 23.9 Å². The predicted molar refractivity (Wildman–Crippen MR) is 125 cm³/mol. The van der Waals surface area contributed by atoms with Crippen LogP contribution >= 0.6 is 0 Å². The highest BCUT2D eigenvalue weighted by Crippen LogP contribution is 2.71. The summed E-state index contributed by atoms with van der Waals surface area (Å²) in [6, 6.07) is 0. The van der Waals surface area contributed by atoms with Crippen LogP contribution < -0.4 is 0 Å². The molecule has 3 saturated carbocycles. The Morgan fingerprint density at radius 1 is 1.21 bits per heavy atom. The molecule has 1 heterocycles. The molecule has 1 N–H and O–H groups in total. The zero-order chi connectivity index (χ0) is 27.8. The minimum atomic E-state index is -2.36. The lowest BCUT2D eigenvalue weighted by Crippen LogP contribution is -2.71. The molecular formula is C27H32F2O9. The fourth-order valence-corrected chi connectivity index (χ4v) is 8.05. The maximum absolute atomic E-state index is 17.4. The molecule has 208 valence electrons. The smallest absolute Gasteiger partial charge is 0.446 e. The SMILES string of the molecule is CCC(=O)O[C@]1(C(=O)OC2COC(=O)O2)[C@H](C)C[C@H]2[C@@H]3C[C@H](F)C4=CC(=O)C=C[C@]4(C)[C@@]3(F)[C@@H](O)C[C@@]21C. The van der Waals surface area contributed by atoms with E-state index in [0.717, 1.165) is 6.08 Å². The van der Waals surface area contributed by atoms with Crippen molar-refractivity contribution < 1.29 is 52.0 Å². The number of rotatable bonds is 4. The van der Waals surface area contributed by atoms with Gasteiger partial charge in [0.25, 0.3) is 6.29 Å². The van der Waals surface area contributed by atoms with Gasteiger partial charge in [0.05, 0.1) is 6.10 Å². The number of ketones is 1. The van der Waals surface area contributed by atoms with Gasteiger partial charge in [-0.15, -0.1) is 0 Å². The van der Waals surface area contributed by atoms with Gasteiger partial charge in [0.2, 0.25) is 5.60 Å². The number of carbonyl (C=O) groups is 4. The average Bonchev–Trinajstić information content (AvgIpc) is 3.35. The number of halogens is 2. The highest BCUT2D eigenvalue weighted by Gasteiger charge is 2.79. The van der Waals surface area contributed by atoms with Crippen LogP contribution in [0.2, 0.25) is 0 Å². The molecule has 5 rings (SSSR count). The first-order valence-electron chi connectivity index (χ1n) is 13.0. The Bertz CT molecular complexity index is 1150. The van der Waals surface area contributed by atoms with Crippen LogP contribution in [0.1, 0.15) is 53.4 Å². The van der Waals surface area contributed by atoms with Gasteiger partial charge in [-0.25, -0.2) is 18.4 Å². The van der Waals surface area contributed by atoms with Gasteiger partial charge in [0, 0.05) is 29.1 Å². The number of esters is 2. The van der Waals surface area contributed by atoms with Crippen molar-refractivity contribution in [1.82, 2.24) is 0 Å². The number of fused-ring (bicyclic) bond motifs is 5. The lowest BCUT2D eigenvalue weighted by molar-refractivity contribution is -0.244. The number of ether oxygens (including phenoxy) is 4. The Balaban J connectivity index is 1.60. The molecule has 0 aromatic heterocycles. The number of hydrogen-bond donors (Lipinski definition) is 1. The fourth-order valence-electron chi connectivity index (χ4n) is 8.05. The van der Waals surface area contributed by atoms with Gasteiger partial charge in [-0.2, -0.15) is 0 Å². The first kappa shape index (κ1) is 26.8. The summed E-state index contributed by atoms with van der Waals surface area (Å²) in [6.07, 6.45) is -2.61. The number of aliphatic hydroxyl groups is 1. The highest BCUT2D eigenvalue weighted by atomic mass is 19.1. The number of aliphatic hydroxyl groups excluding tert-OH is 1. The van der Waals surface area contributed by atoms with Crippen molar-refractivity contribution in [3.8, 4) is 0 Å². The molecular weight excluding hydrogens is 506 g/mol. The third-order valence-corrected chi connectivity index (χ3v) is 9.84. The lowest BCUT2D eigenvalue weighted by atomic mass is 9.44. The van der Waals surface area contributed by atoms with Gasteiger partial charge in [0.1, 0.15) is 6.17 Å². The molecule has 4 fully saturated rings. The summed E-state index contributed by atoms with van der Waals surface area (Å²) >= 11 is 0. The molecule has 10 atom stereocenters. The number of alkyl halides is 2. The molecule has 1 unspecified atom stereocenters. The maximum Gasteiger partial charge on any atom is 0.511 e.